The van der Waals surface area contributed by atoms with Crippen LogP contribution in [-0.2, 0) is 38.9 Å². The van der Waals surface area contributed by atoms with Crippen LogP contribution in [0, 0.1) is 11.8 Å². The standard InChI is InChI=1S/C49H67N7O6.CO2/c1-30(2)42(50-8)46(59)54-28-10-12-40(54)44(57)51-35-20-14-32(15-21-35)38-26-27-39(56(38)37-24-18-34(19-25-37)49(5,6)7)33-16-22-36(23-17-33)52-45(58)41-13-11-29-55(41)47(60)43(31(3)4)53-48(61)62-9;2-1-3/h14-25,30-31,38-43,50H,10-13,26-29H2,1-9H3,(H,51,57)(H,52,58)(H,53,61);/t38-,39-,40-,41-,42-,43?;/m0./s1. The van der Waals surface area contributed by atoms with Gasteiger partial charge < -0.3 is 40.7 Å². The maximum absolute atomic E-state index is 13.7. The number of rotatable bonds is 13. The molecule has 3 saturated heterocycles. The molecule has 1 unspecified atom stereocenters. The molecule has 4 N–H and O–H groups in total. The summed E-state index contributed by atoms with van der Waals surface area (Å²) in [7, 11) is 3.05. The van der Waals surface area contributed by atoms with Gasteiger partial charge in [-0.2, -0.15) is 9.59 Å². The Balaban J connectivity index is 0.00000257. The number of nitrogens with zero attached hydrogens (tertiary/aromatic N) is 3. The zero-order valence-corrected chi connectivity index (χ0v) is 39.3. The smallest absolute Gasteiger partial charge is 0.407 e. The van der Waals surface area contributed by atoms with Gasteiger partial charge in [-0.15, -0.1) is 0 Å². The molecule has 3 fully saturated rings. The molecule has 0 aromatic heterocycles. The number of alkyl carbamates (subject to hydrolysis) is 1. The van der Waals surface area contributed by atoms with Gasteiger partial charge in [0.1, 0.15) is 18.1 Å². The fourth-order valence-corrected chi connectivity index (χ4v) is 9.39. The first-order valence-electron chi connectivity index (χ1n) is 22.8. The number of carbonyl (C=O) groups excluding carboxylic acids is 7. The Morgan fingerprint density at radius 3 is 1.43 bits per heavy atom. The Kier molecular flexibility index (Phi) is 17.1. The Morgan fingerprint density at radius 1 is 0.646 bits per heavy atom. The molecule has 65 heavy (non-hydrogen) atoms. The van der Waals surface area contributed by atoms with Crippen LogP contribution >= 0.6 is 0 Å². The number of benzene rings is 3. The molecule has 15 nitrogen and oxygen atoms in total. The first kappa shape index (κ1) is 50.0. The average molecular weight is 894 g/mol. The van der Waals surface area contributed by atoms with Gasteiger partial charge >= 0.3 is 12.2 Å². The van der Waals surface area contributed by atoms with E-state index in [1.807, 2.05) is 52.0 Å². The van der Waals surface area contributed by atoms with E-state index in [0.29, 0.717) is 43.7 Å². The van der Waals surface area contributed by atoms with Crippen LogP contribution in [0.5, 0.6) is 0 Å². The summed E-state index contributed by atoms with van der Waals surface area (Å²) in [4.78, 5) is 88.2. The number of carbonyl (C=O) groups is 5. The molecule has 3 aliphatic rings. The van der Waals surface area contributed by atoms with Crippen molar-refractivity contribution in [2.75, 3.05) is 42.8 Å². The third-order valence-electron chi connectivity index (χ3n) is 12.9. The number of hydrogen-bond acceptors (Lipinski definition) is 10. The summed E-state index contributed by atoms with van der Waals surface area (Å²) in [6, 6.07) is 22.8. The van der Waals surface area contributed by atoms with Gasteiger partial charge in [-0.05, 0) is 116 Å². The van der Waals surface area contributed by atoms with Crippen LogP contribution < -0.4 is 26.2 Å². The number of hydrogen-bond donors (Lipinski definition) is 4. The topological polar surface area (TPSA) is 187 Å². The molecule has 0 saturated carbocycles. The van der Waals surface area contributed by atoms with Gasteiger partial charge in [0.15, 0.2) is 0 Å². The van der Waals surface area contributed by atoms with Crippen LogP contribution in [0.25, 0.3) is 0 Å². The molecule has 0 spiro atoms. The molecule has 0 radical (unpaired) electrons. The highest BCUT2D eigenvalue weighted by atomic mass is 16.5. The van der Waals surface area contributed by atoms with Crippen molar-refractivity contribution < 1.29 is 38.3 Å². The Bertz CT molecular complexity index is 2150. The molecular weight excluding hydrogens is 827 g/mol. The van der Waals surface area contributed by atoms with Gasteiger partial charge in [0, 0.05) is 30.2 Å². The van der Waals surface area contributed by atoms with Crippen molar-refractivity contribution in [3.8, 4) is 0 Å². The van der Waals surface area contributed by atoms with Crippen molar-refractivity contribution in [3.05, 3.63) is 89.5 Å². The van der Waals surface area contributed by atoms with E-state index in [1.165, 1.54) is 12.7 Å². The summed E-state index contributed by atoms with van der Waals surface area (Å²) in [6.45, 7) is 15.4. The van der Waals surface area contributed by atoms with E-state index in [9.17, 15) is 24.0 Å². The Hall–Kier alpha value is -6.05. The van der Waals surface area contributed by atoms with Crippen molar-refractivity contribution in [1.29, 1.82) is 0 Å². The highest BCUT2D eigenvalue weighted by Crippen LogP contribution is 2.47. The minimum Gasteiger partial charge on any atom is -0.453 e. The summed E-state index contributed by atoms with van der Waals surface area (Å²) in [6.07, 6.45) is 4.04. The second-order valence-corrected chi connectivity index (χ2v) is 18.9. The number of amides is 5. The van der Waals surface area contributed by atoms with Crippen LogP contribution in [0.3, 0.4) is 0 Å². The predicted octanol–water partition coefficient (Wildman–Crippen LogP) is 6.97. The van der Waals surface area contributed by atoms with Gasteiger partial charge in [0.2, 0.25) is 23.6 Å². The minimum atomic E-state index is -0.802. The van der Waals surface area contributed by atoms with Gasteiger partial charge in [-0.1, -0.05) is 84.9 Å². The van der Waals surface area contributed by atoms with Crippen LogP contribution in [0.1, 0.15) is 116 Å². The van der Waals surface area contributed by atoms with E-state index in [2.05, 4.69) is 95.5 Å². The maximum Gasteiger partial charge on any atom is 0.407 e. The zero-order chi connectivity index (χ0) is 47.6. The SMILES string of the molecule is CN[C@H](C(=O)N1CCC[C@H]1C(=O)Nc1ccc([C@@H]2CC[C@@H](c3ccc(NC(=O)[C@@H]4CCCN4C(=O)C(NC(=O)OC)C(C)C)cc3)N2c2ccc(C(C)(C)C)cc2)cc1)C(C)C.O=C=O. The third kappa shape index (κ3) is 12.0. The normalized spacial score (nSPS) is 20.4. The number of nitrogens with one attached hydrogen (secondary N) is 4. The molecule has 6 atom stereocenters. The average Bonchev–Trinajstić information content (AvgIpc) is 4.07. The van der Waals surface area contributed by atoms with E-state index in [1.54, 1.807) is 16.8 Å². The maximum atomic E-state index is 13.7. The monoisotopic (exact) mass is 894 g/mol. The van der Waals surface area contributed by atoms with Crippen molar-refractivity contribution in [3.63, 3.8) is 0 Å². The summed E-state index contributed by atoms with van der Waals surface area (Å²) in [5.41, 5.74) is 5.97. The van der Waals surface area contributed by atoms with E-state index < -0.39 is 24.2 Å². The molecule has 3 heterocycles. The van der Waals surface area contributed by atoms with Crippen LogP contribution in [0.4, 0.5) is 21.9 Å². The highest BCUT2D eigenvalue weighted by Gasteiger charge is 2.41. The molecule has 0 aliphatic carbocycles. The number of likely N-dealkylation sites (tertiary alicyclic amines) is 2. The fraction of sp³-hybridized carbons (Fsp3) is 0.520. The third-order valence-corrected chi connectivity index (χ3v) is 12.9. The molecule has 0 bridgehead atoms. The highest BCUT2D eigenvalue weighted by molar-refractivity contribution is 5.99. The number of ether oxygens (including phenoxy) is 1. The lowest BCUT2D eigenvalue weighted by molar-refractivity contribution is -0.191. The molecular formula is C50H67N7O8. The van der Waals surface area contributed by atoms with E-state index in [-0.39, 0.29) is 65.2 Å². The van der Waals surface area contributed by atoms with Gasteiger partial charge in [-0.25, -0.2) is 4.79 Å². The molecule has 15 heteroatoms. The first-order valence-corrected chi connectivity index (χ1v) is 22.8. The van der Waals surface area contributed by atoms with E-state index in [4.69, 9.17) is 14.3 Å². The van der Waals surface area contributed by atoms with E-state index >= 15 is 0 Å². The summed E-state index contributed by atoms with van der Waals surface area (Å²) in [5, 5.41) is 11.9. The fourth-order valence-electron chi connectivity index (χ4n) is 9.39. The van der Waals surface area contributed by atoms with Crippen molar-refractivity contribution in [2.45, 2.75) is 129 Å². The lowest BCUT2D eigenvalue weighted by atomic mass is 9.87. The molecule has 3 aromatic carbocycles. The molecule has 3 aromatic rings. The van der Waals surface area contributed by atoms with Crippen molar-refractivity contribution in [1.82, 2.24) is 20.4 Å². The molecule has 3 aliphatic heterocycles. The first-order chi connectivity index (χ1) is 30.9. The quantitative estimate of drug-likeness (QED) is 0.140. The summed E-state index contributed by atoms with van der Waals surface area (Å²) in [5.74, 6) is -0.821. The number of anilines is 3. The van der Waals surface area contributed by atoms with Crippen molar-refractivity contribution >= 4 is 52.9 Å². The number of methoxy groups -OCH3 is 1. The Morgan fingerprint density at radius 2 is 1.06 bits per heavy atom. The van der Waals surface area contributed by atoms with Crippen LogP contribution in [0.15, 0.2) is 72.8 Å². The van der Waals surface area contributed by atoms with Crippen LogP contribution in [0.2, 0.25) is 0 Å². The van der Waals surface area contributed by atoms with E-state index in [0.717, 1.165) is 36.1 Å². The summed E-state index contributed by atoms with van der Waals surface area (Å²) >= 11 is 0. The van der Waals surface area contributed by atoms with Crippen molar-refractivity contribution in [2.24, 2.45) is 11.8 Å². The minimum absolute atomic E-state index is 0.00755. The largest absolute Gasteiger partial charge is 0.453 e. The lowest BCUT2D eigenvalue weighted by Crippen LogP contribution is -2.54. The van der Waals surface area contributed by atoms with Gasteiger partial charge in [0.05, 0.1) is 25.2 Å². The molecule has 5 amide bonds. The predicted molar refractivity (Wildman–Crippen MR) is 249 cm³/mol. The van der Waals surface area contributed by atoms with Crippen LogP contribution in [-0.4, -0.2) is 97.1 Å². The zero-order valence-electron chi connectivity index (χ0n) is 39.3. The summed E-state index contributed by atoms with van der Waals surface area (Å²) < 4.78 is 4.75. The second-order valence-electron chi connectivity index (χ2n) is 18.9. The van der Waals surface area contributed by atoms with Gasteiger partial charge in [0.25, 0.3) is 0 Å². The number of likely N-dealkylation sites (N-methyl/N-ethyl adjacent to an activating group) is 1. The molecule has 6 rings (SSSR count). The Labute approximate surface area is 383 Å². The molecule has 350 valence electrons. The second kappa shape index (κ2) is 22.2. The lowest BCUT2D eigenvalue weighted by Gasteiger charge is -2.34. The van der Waals surface area contributed by atoms with Gasteiger partial charge in [-0.3, -0.25) is 19.2 Å².